The van der Waals surface area contributed by atoms with E-state index in [0.29, 0.717) is 5.69 Å². The van der Waals surface area contributed by atoms with Crippen molar-refractivity contribution in [3.63, 3.8) is 0 Å². The third-order valence-electron chi connectivity index (χ3n) is 7.39. The number of hydrogen-bond donors (Lipinski definition) is 1. The average Bonchev–Trinajstić information content (AvgIpc) is 2.82. The monoisotopic (exact) mass is 420 g/mol. The third-order valence-corrected chi connectivity index (χ3v) is 7.39. The number of piperidine rings is 2. The first-order valence-corrected chi connectivity index (χ1v) is 12.1. The summed E-state index contributed by atoms with van der Waals surface area (Å²) in [5, 5.41) is 12.7. The topological polar surface area (TPSA) is 40.0 Å². The van der Waals surface area contributed by atoms with Crippen LogP contribution in [0.4, 0.5) is 21.5 Å². The van der Waals surface area contributed by atoms with Crippen LogP contribution >= 0.6 is 0 Å². The van der Waals surface area contributed by atoms with E-state index in [1.54, 1.807) is 12.1 Å². The summed E-state index contributed by atoms with van der Waals surface area (Å²) in [6.07, 6.45) is 11.4. The summed E-state index contributed by atoms with van der Waals surface area (Å²) in [5.41, 5.74) is 5.70. The first-order valence-electron chi connectivity index (χ1n) is 12.1. The molecule has 3 aliphatic rings. The summed E-state index contributed by atoms with van der Waals surface area (Å²) in [7, 11) is 0. The van der Waals surface area contributed by atoms with Crippen LogP contribution in [0.3, 0.4) is 0 Å². The van der Waals surface area contributed by atoms with E-state index in [9.17, 15) is 4.39 Å². The Hall–Kier alpha value is -2.27. The van der Waals surface area contributed by atoms with E-state index in [0.717, 1.165) is 37.0 Å². The average molecular weight is 421 g/mol. The van der Waals surface area contributed by atoms with Crippen molar-refractivity contribution in [2.75, 3.05) is 25.0 Å². The molecule has 2 aliphatic heterocycles. The Labute approximate surface area is 185 Å². The van der Waals surface area contributed by atoms with Gasteiger partial charge in [-0.05, 0) is 118 Å². The zero-order valence-corrected chi connectivity index (χ0v) is 18.3. The van der Waals surface area contributed by atoms with Gasteiger partial charge in [-0.25, -0.2) is 4.39 Å². The van der Waals surface area contributed by atoms with Crippen molar-refractivity contribution < 1.29 is 4.39 Å². The molecule has 2 heterocycles. The SMILES string of the molecule is Fc1ccc(N=Nc2ccc(NC[C@@H]3CCCN4CCCC[C@H]34)c3c2CCCC3)cc1. The van der Waals surface area contributed by atoms with Gasteiger partial charge in [0.2, 0.25) is 0 Å². The van der Waals surface area contributed by atoms with Crippen molar-refractivity contribution in [2.45, 2.75) is 63.8 Å². The lowest BCUT2D eigenvalue weighted by molar-refractivity contribution is 0.0649. The fourth-order valence-corrected chi connectivity index (χ4v) is 5.78. The first kappa shape index (κ1) is 20.6. The van der Waals surface area contributed by atoms with Crippen molar-refractivity contribution in [3.8, 4) is 0 Å². The van der Waals surface area contributed by atoms with Crippen LogP contribution in [-0.2, 0) is 12.8 Å². The second-order valence-electron chi connectivity index (χ2n) is 9.36. The Morgan fingerprint density at radius 3 is 2.52 bits per heavy atom. The van der Waals surface area contributed by atoms with Gasteiger partial charge >= 0.3 is 0 Å². The minimum atomic E-state index is -0.249. The van der Waals surface area contributed by atoms with Crippen molar-refractivity contribution in [1.82, 2.24) is 4.90 Å². The molecule has 5 rings (SSSR count). The van der Waals surface area contributed by atoms with Crippen LogP contribution in [-0.4, -0.2) is 30.6 Å². The predicted molar refractivity (Wildman–Crippen MR) is 124 cm³/mol. The van der Waals surface area contributed by atoms with Crippen LogP contribution in [0, 0.1) is 11.7 Å². The second-order valence-corrected chi connectivity index (χ2v) is 9.36. The largest absolute Gasteiger partial charge is 0.384 e. The molecule has 2 aromatic rings. The number of azo groups is 1. The highest BCUT2D eigenvalue weighted by molar-refractivity contribution is 5.64. The highest BCUT2D eigenvalue weighted by Crippen LogP contribution is 2.37. The Morgan fingerprint density at radius 1 is 0.839 bits per heavy atom. The van der Waals surface area contributed by atoms with Crippen LogP contribution < -0.4 is 5.32 Å². The Bertz CT molecular complexity index is 922. The van der Waals surface area contributed by atoms with Gasteiger partial charge in [0.05, 0.1) is 11.4 Å². The number of nitrogens with one attached hydrogen (secondary N) is 1. The van der Waals surface area contributed by atoms with Gasteiger partial charge in [0.25, 0.3) is 0 Å². The number of nitrogens with zero attached hydrogens (tertiary/aromatic N) is 3. The van der Waals surface area contributed by atoms with E-state index in [1.165, 1.54) is 87.0 Å². The molecule has 0 bridgehead atoms. The molecular weight excluding hydrogens is 387 g/mol. The number of fused-ring (bicyclic) bond motifs is 2. The van der Waals surface area contributed by atoms with Crippen LogP contribution in [0.2, 0.25) is 0 Å². The van der Waals surface area contributed by atoms with Gasteiger partial charge in [-0.15, -0.1) is 0 Å². The number of halogens is 1. The summed E-state index contributed by atoms with van der Waals surface area (Å²) in [6, 6.07) is 11.3. The standard InChI is InChI=1S/C26H33FN4/c27-20-10-12-21(13-11-20)29-30-25-15-14-24(22-7-1-2-8-23(22)25)28-18-19-6-5-17-31-16-4-3-9-26(19)31/h10-15,19,26,28H,1-9,16-18H2/t19-,26+/m0/s1. The molecule has 0 unspecified atom stereocenters. The van der Waals surface area contributed by atoms with Gasteiger partial charge in [0.15, 0.2) is 0 Å². The maximum atomic E-state index is 13.1. The number of rotatable bonds is 5. The second kappa shape index (κ2) is 9.47. The van der Waals surface area contributed by atoms with Gasteiger partial charge in [0.1, 0.15) is 5.82 Å². The molecule has 0 saturated carbocycles. The van der Waals surface area contributed by atoms with Crippen LogP contribution in [0.25, 0.3) is 0 Å². The van der Waals surface area contributed by atoms with E-state index in [4.69, 9.17) is 0 Å². The maximum absolute atomic E-state index is 13.1. The summed E-state index contributed by atoms with van der Waals surface area (Å²) in [4.78, 5) is 2.74. The van der Waals surface area contributed by atoms with Crippen LogP contribution in [0.5, 0.6) is 0 Å². The first-order chi connectivity index (χ1) is 15.3. The summed E-state index contributed by atoms with van der Waals surface area (Å²) in [6.45, 7) is 3.67. The zero-order chi connectivity index (χ0) is 21.0. The molecule has 1 N–H and O–H groups in total. The third kappa shape index (κ3) is 4.67. The highest BCUT2D eigenvalue weighted by atomic mass is 19.1. The number of hydrogen-bond acceptors (Lipinski definition) is 4. The molecule has 0 radical (unpaired) electrons. The van der Waals surface area contributed by atoms with Crippen LogP contribution in [0.15, 0.2) is 46.6 Å². The van der Waals surface area contributed by atoms with Crippen molar-refractivity contribution in [3.05, 3.63) is 53.3 Å². The highest BCUT2D eigenvalue weighted by Gasteiger charge is 2.32. The number of anilines is 1. The molecule has 2 saturated heterocycles. The van der Waals surface area contributed by atoms with E-state index >= 15 is 0 Å². The smallest absolute Gasteiger partial charge is 0.123 e. The molecule has 0 spiro atoms. The van der Waals surface area contributed by atoms with Gasteiger partial charge in [-0.3, -0.25) is 0 Å². The van der Waals surface area contributed by atoms with Gasteiger partial charge in [-0.1, -0.05) is 6.42 Å². The van der Waals surface area contributed by atoms with E-state index in [-0.39, 0.29) is 5.82 Å². The lowest BCUT2D eigenvalue weighted by Crippen LogP contribution is -2.49. The molecule has 164 valence electrons. The van der Waals surface area contributed by atoms with Gasteiger partial charge < -0.3 is 10.2 Å². The quantitative estimate of drug-likeness (QED) is 0.541. The summed E-state index contributed by atoms with van der Waals surface area (Å²) < 4.78 is 13.1. The van der Waals surface area contributed by atoms with Crippen molar-refractivity contribution in [2.24, 2.45) is 16.1 Å². The molecular formula is C26H33FN4. The van der Waals surface area contributed by atoms with Crippen molar-refractivity contribution >= 4 is 17.1 Å². The molecule has 2 atom stereocenters. The van der Waals surface area contributed by atoms with Gasteiger partial charge in [-0.2, -0.15) is 10.2 Å². The minimum Gasteiger partial charge on any atom is -0.384 e. The fourth-order valence-electron chi connectivity index (χ4n) is 5.78. The molecule has 31 heavy (non-hydrogen) atoms. The Morgan fingerprint density at radius 2 is 1.65 bits per heavy atom. The summed E-state index contributed by atoms with van der Waals surface area (Å²) in [5.74, 6) is 0.507. The lowest BCUT2D eigenvalue weighted by Gasteiger charge is -2.44. The summed E-state index contributed by atoms with van der Waals surface area (Å²) >= 11 is 0. The lowest BCUT2D eigenvalue weighted by atomic mass is 9.83. The maximum Gasteiger partial charge on any atom is 0.123 e. The predicted octanol–water partition coefficient (Wildman–Crippen LogP) is 6.80. The molecule has 2 fully saturated rings. The molecule has 2 aromatic carbocycles. The molecule has 0 amide bonds. The number of benzene rings is 2. The fraction of sp³-hybridized carbons (Fsp3) is 0.538. The van der Waals surface area contributed by atoms with E-state index < -0.39 is 0 Å². The van der Waals surface area contributed by atoms with E-state index in [2.05, 4.69) is 32.6 Å². The van der Waals surface area contributed by atoms with E-state index in [1.807, 2.05) is 0 Å². The zero-order valence-electron chi connectivity index (χ0n) is 18.3. The van der Waals surface area contributed by atoms with Crippen molar-refractivity contribution in [1.29, 1.82) is 0 Å². The Kier molecular flexibility index (Phi) is 6.30. The van der Waals surface area contributed by atoms with Gasteiger partial charge in [0, 0.05) is 18.3 Å². The molecule has 5 heteroatoms. The Balaban J connectivity index is 1.32. The molecule has 4 nitrogen and oxygen atoms in total. The minimum absolute atomic E-state index is 0.249. The molecule has 1 aliphatic carbocycles. The normalized spacial score (nSPS) is 24.0. The molecule has 0 aromatic heterocycles. The van der Waals surface area contributed by atoms with Crippen LogP contribution in [0.1, 0.15) is 56.1 Å².